The first-order chi connectivity index (χ1) is 15.5. The number of nitrogens with zero attached hydrogens (tertiary/aromatic N) is 1. The van der Waals surface area contributed by atoms with Crippen molar-refractivity contribution < 1.29 is 14.3 Å². The monoisotopic (exact) mass is 425 g/mol. The van der Waals surface area contributed by atoms with Gasteiger partial charge in [0.15, 0.2) is 6.61 Å². The fraction of sp³-hybridized carbons (Fsp3) is 0.115. The zero-order chi connectivity index (χ0) is 22.8. The quantitative estimate of drug-likeness (QED) is 0.417. The zero-order valence-corrected chi connectivity index (χ0v) is 17.7. The maximum Gasteiger partial charge on any atom is 0.262 e. The molecule has 0 spiro atoms. The average Bonchev–Trinajstić information content (AvgIpc) is 2.82. The van der Waals surface area contributed by atoms with E-state index in [0.29, 0.717) is 23.5 Å². The van der Waals surface area contributed by atoms with Crippen molar-refractivity contribution in [3.63, 3.8) is 0 Å². The van der Waals surface area contributed by atoms with Crippen LogP contribution in [-0.4, -0.2) is 18.4 Å². The number of nitrogens with one attached hydrogen (secondary N) is 2. The van der Waals surface area contributed by atoms with E-state index < -0.39 is 5.91 Å². The van der Waals surface area contributed by atoms with Gasteiger partial charge >= 0.3 is 0 Å². The summed E-state index contributed by atoms with van der Waals surface area (Å²) in [5.41, 5.74) is 3.34. The molecule has 0 atom stereocenters. The number of hydrogen-bond donors (Lipinski definition) is 2. The molecule has 6 heteroatoms. The lowest BCUT2D eigenvalue weighted by Crippen LogP contribution is -2.23. The van der Waals surface area contributed by atoms with Crippen LogP contribution in [0.15, 0.2) is 84.4 Å². The van der Waals surface area contributed by atoms with Crippen molar-refractivity contribution in [3.05, 3.63) is 101 Å². The molecule has 0 aliphatic carbocycles. The fourth-order valence-corrected chi connectivity index (χ4v) is 2.87. The van der Waals surface area contributed by atoms with Crippen molar-refractivity contribution >= 4 is 23.6 Å². The number of rotatable bonds is 8. The van der Waals surface area contributed by atoms with Gasteiger partial charge in [-0.15, -0.1) is 0 Å². The zero-order valence-electron chi connectivity index (χ0n) is 17.7. The number of benzene rings is 3. The van der Waals surface area contributed by atoms with E-state index in [-0.39, 0.29) is 18.1 Å². The first-order valence-electron chi connectivity index (χ1n) is 10.1. The molecule has 0 unspecified atom stereocenters. The van der Waals surface area contributed by atoms with Crippen molar-refractivity contribution in [2.45, 2.75) is 13.5 Å². The number of anilines is 1. The molecular weight excluding hydrogens is 402 g/mol. The van der Waals surface area contributed by atoms with Crippen molar-refractivity contribution in [2.75, 3.05) is 11.9 Å². The van der Waals surface area contributed by atoms with E-state index in [0.717, 1.165) is 11.1 Å². The van der Waals surface area contributed by atoms with Crippen LogP contribution in [0.25, 0.3) is 6.08 Å². The smallest absolute Gasteiger partial charge is 0.262 e. The highest BCUT2D eigenvalue weighted by Crippen LogP contribution is 2.16. The van der Waals surface area contributed by atoms with Crippen LogP contribution in [0, 0.1) is 18.3 Å². The normalized spacial score (nSPS) is 10.7. The molecule has 6 nitrogen and oxygen atoms in total. The Morgan fingerprint density at radius 3 is 2.47 bits per heavy atom. The summed E-state index contributed by atoms with van der Waals surface area (Å²) in [6.07, 6.45) is 1.49. The lowest BCUT2D eigenvalue weighted by atomic mass is 10.1. The van der Waals surface area contributed by atoms with Crippen molar-refractivity contribution in [1.82, 2.24) is 5.32 Å². The molecule has 32 heavy (non-hydrogen) atoms. The van der Waals surface area contributed by atoms with Gasteiger partial charge in [-0.2, -0.15) is 5.26 Å². The molecule has 0 aromatic heterocycles. The van der Waals surface area contributed by atoms with E-state index in [1.54, 1.807) is 24.3 Å². The Labute approximate surface area is 187 Å². The topological polar surface area (TPSA) is 91.2 Å². The van der Waals surface area contributed by atoms with E-state index in [1.165, 1.54) is 6.08 Å². The number of nitriles is 1. The van der Waals surface area contributed by atoms with Gasteiger partial charge in [0.1, 0.15) is 17.4 Å². The third-order valence-corrected chi connectivity index (χ3v) is 4.54. The molecule has 0 radical (unpaired) electrons. The van der Waals surface area contributed by atoms with Gasteiger partial charge in [0.25, 0.3) is 11.8 Å². The second-order valence-corrected chi connectivity index (χ2v) is 7.11. The average molecular weight is 425 g/mol. The minimum Gasteiger partial charge on any atom is -0.484 e. The van der Waals surface area contributed by atoms with Gasteiger partial charge in [-0.1, -0.05) is 60.2 Å². The van der Waals surface area contributed by atoms with Crippen molar-refractivity contribution in [2.24, 2.45) is 0 Å². The van der Waals surface area contributed by atoms with Crippen LogP contribution >= 0.6 is 0 Å². The molecule has 2 N–H and O–H groups in total. The van der Waals surface area contributed by atoms with Crippen molar-refractivity contribution in [1.29, 1.82) is 5.26 Å². The summed E-state index contributed by atoms with van der Waals surface area (Å²) in [6, 6.07) is 25.7. The van der Waals surface area contributed by atoms with Crippen LogP contribution in [0.3, 0.4) is 0 Å². The summed E-state index contributed by atoms with van der Waals surface area (Å²) >= 11 is 0. The van der Waals surface area contributed by atoms with Crippen LogP contribution in [0.5, 0.6) is 5.75 Å². The fourth-order valence-electron chi connectivity index (χ4n) is 2.87. The Morgan fingerprint density at radius 2 is 1.75 bits per heavy atom. The molecule has 0 aliphatic rings. The third kappa shape index (κ3) is 6.85. The molecule has 3 aromatic rings. The molecular formula is C26H23N3O3. The molecule has 0 heterocycles. The van der Waals surface area contributed by atoms with Crippen LogP contribution in [-0.2, 0) is 16.1 Å². The summed E-state index contributed by atoms with van der Waals surface area (Å²) in [5, 5.41) is 14.9. The van der Waals surface area contributed by atoms with Gasteiger partial charge in [-0.3, -0.25) is 9.59 Å². The summed E-state index contributed by atoms with van der Waals surface area (Å²) in [6.45, 7) is 2.14. The van der Waals surface area contributed by atoms with Gasteiger partial charge in [-0.25, -0.2) is 0 Å². The Morgan fingerprint density at radius 1 is 1.00 bits per heavy atom. The van der Waals surface area contributed by atoms with Crippen LogP contribution in [0.2, 0.25) is 0 Å². The van der Waals surface area contributed by atoms with E-state index in [1.807, 2.05) is 67.6 Å². The number of aryl methyl sites for hydroxylation is 1. The molecule has 3 rings (SSSR count). The Hall–Kier alpha value is -4.37. The summed E-state index contributed by atoms with van der Waals surface area (Å²) < 4.78 is 5.56. The number of carbonyl (C=O) groups is 2. The first kappa shape index (κ1) is 22.3. The third-order valence-electron chi connectivity index (χ3n) is 4.54. The van der Waals surface area contributed by atoms with Crippen molar-refractivity contribution in [3.8, 4) is 11.8 Å². The predicted octanol–water partition coefficient (Wildman–Crippen LogP) is 4.24. The number of ether oxygens (including phenoxy) is 1. The first-order valence-corrected chi connectivity index (χ1v) is 10.1. The van der Waals surface area contributed by atoms with E-state index in [2.05, 4.69) is 10.6 Å². The second kappa shape index (κ2) is 11.1. The Kier molecular flexibility index (Phi) is 7.77. The van der Waals surface area contributed by atoms with Crippen LogP contribution in [0.1, 0.15) is 16.7 Å². The van der Waals surface area contributed by atoms with Crippen LogP contribution < -0.4 is 15.4 Å². The molecule has 0 fully saturated rings. The van der Waals surface area contributed by atoms with Gasteiger partial charge in [0.2, 0.25) is 0 Å². The van der Waals surface area contributed by atoms with E-state index in [9.17, 15) is 14.9 Å². The minimum atomic E-state index is -0.458. The van der Waals surface area contributed by atoms with Gasteiger partial charge < -0.3 is 15.4 Å². The standard InChI is InChI=1S/C26H23N3O3/c1-19-10-12-23(13-11-19)29-25(30)18-32-24-9-5-8-21(15-24)14-22(16-27)26(31)28-17-20-6-3-2-4-7-20/h2-15H,17-18H2,1H3,(H,28,31)(H,29,30)/b22-14-. The molecule has 0 saturated carbocycles. The molecule has 0 saturated heterocycles. The lowest BCUT2D eigenvalue weighted by molar-refractivity contribution is -0.118. The highest BCUT2D eigenvalue weighted by Gasteiger charge is 2.09. The predicted molar refractivity (Wildman–Crippen MR) is 124 cm³/mol. The second-order valence-electron chi connectivity index (χ2n) is 7.11. The molecule has 0 bridgehead atoms. The maximum atomic E-state index is 12.4. The summed E-state index contributed by atoms with van der Waals surface area (Å²) in [4.78, 5) is 24.5. The summed E-state index contributed by atoms with van der Waals surface area (Å²) in [5.74, 6) is -0.284. The Balaban J connectivity index is 1.58. The minimum absolute atomic E-state index is 0.0183. The lowest BCUT2D eigenvalue weighted by Gasteiger charge is -2.09. The highest BCUT2D eigenvalue weighted by molar-refractivity contribution is 6.01. The van der Waals surface area contributed by atoms with E-state index in [4.69, 9.17) is 4.74 Å². The SMILES string of the molecule is Cc1ccc(NC(=O)COc2cccc(/C=C(/C#N)C(=O)NCc3ccccc3)c2)cc1. The number of carbonyl (C=O) groups excluding carboxylic acids is 2. The number of hydrogen-bond acceptors (Lipinski definition) is 4. The summed E-state index contributed by atoms with van der Waals surface area (Å²) in [7, 11) is 0. The molecule has 2 amide bonds. The van der Waals surface area contributed by atoms with Gasteiger partial charge in [-0.05, 0) is 48.4 Å². The highest BCUT2D eigenvalue weighted by atomic mass is 16.5. The maximum absolute atomic E-state index is 12.4. The van der Waals surface area contributed by atoms with Gasteiger partial charge in [0, 0.05) is 12.2 Å². The van der Waals surface area contributed by atoms with E-state index >= 15 is 0 Å². The largest absolute Gasteiger partial charge is 0.484 e. The molecule has 160 valence electrons. The molecule has 0 aliphatic heterocycles. The van der Waals surface area contributed by atoms with Crippen LogP contribution in [0.4, 0.5) is 5.69 Å². The Bertz CT molecular complexity index is 1150. The van der Waals surface area contributed by atoms with Gasteiger partial charge in [0.05, 0.1) is 0 Å². The number of amides is 2. The molecule has 3 aromatic carbocycles.